The van der Waals surface area contributed by atoms with E-state index < -0.39 is 6.43 Å². The molecule has 7 heavy (non-hydrogen) atoms. The van der Waals surface area contributed by atoms with E-state index >= 15 is 0 Å². The highest BCUT2D eigenvalue weighted by atomic mass is 19.3. The van der Waals surface area contributed by atoms with Gasteiger partial charge in [-0.1, -0.05) is 5.92 Å². The first kappa shape index (κ1) is 6.16. The van der Waals surface area contributed by atoms with Crippen LogP contribution < -0.4 is 0 Å². The molecule has 0 rings (SSSR count). The maximum Gasteiger partial charge on any atom is 0.257 e. The molecule has 0 aromatic carbocycles. The molecule has 0 unspecified atom stereocenters. The van der Waals surface area contributed by atoms with Gasteiger partial charge in [-0.3, -0.25) is 0 Å². The minimum Gasteiger partial charge on any atom is -0.206 e. The Morgan fingerprint density at radius 2 is 2.14 bits per heavy atom. The first-order chi connectivity index (χ1) is 3.27. The summed E-state index contributed by atoms with van der Waals surface area (Å²) in [6.45, 7) is 0. The van der Waals surface area contributed by atoms with Crippen LogP contribution in [0.25, 0.3) is 0 Å². The molecule has 0 spiro atoms. The lowest BCUT2D eigenvalue weighted by atomic mass is 10.5. The monoisotopic (exact) mass is 102 g/mol. The van der Waals surface area contributed by atoms with Crippen molar-refractivity contribution in [2.45, 2.75) is 6.43 Å². The molecule has 0 nitrogen and oxygen atoms in total. The summed E-state index contributed by atoms with van der Waals surface area (Å²) in [6.07, 6.45) is 3.82. The van der Waals surface area contributed by atoms with Crippen LogP contribution >= 0.6 is 0 Å². The van der Waals surface area contributed by atoms with Crippen molar-refractivity contribution in [3.8, 4) is 12.3 Å². The largest absolute Gasteiger partial charge is 0.257 e. The number of alkyl halides is 2. The van der Waals surface area contributed by atoms with Gasteiger partial charge in [-0.15, -0.1) is 6.42 Å². The van der Waals surface area contributed by atoms with E-state index in [0.717, 1.165) is 6.08 Å². The summed E-state index contributed by atoms with van der Waals surface area (Å²) >= 11 is 0. The predicted molar refractivity (Wildman–Crippen MR) is 24.0 cm³/mol. The van der Waals surface area contributed by atoms with Gasteiger partial charge >= 0.3 is 0 Å². The summed E-state index contributed by atoms with van der Waals surface area (Å²) in [5.74, 6) is 1.94. The van der Waals surface area contributed by atoms with Crippen LogP contribution in [0.5, 0.6) is 0 Å². The van der Waals surface area contributed by atoms with Gasteiger partial charge in [0.05, 0.1) is 0 Å². The molecular formula is C5H4F2. The van der Waals surface area contributed by atoms with Gasteiger partial charge in [0.2, 0.25) is 0 Å². The Morgan fingerprint density at radius 3 is 2.29 bits per heavy atom. The fraction of sp³-hybridized carbons (Fsp3) is 0.200. The summed E-state index contributed by atoms with van der Waals surface area (Å²) < 4.78 is 22.1. The third-order valence-electron chi connectivity index (χ3n) is 0.338. The third-order valence-corrected chi connectivity index (χ3v) is 0.338. The van der Waals surface area contributed by atoms with Crippen molar-refractivity contribution in [2.75, 3.05) is 0 Å². The van der Waals surface area contributed by atoms with Crippen LogP contribution in [0.15, 0.2) is 12.2 Å². The number of hydrogen-bond donors (Lipinski definition) is 0. The van der Waals surface area contributed by atoms with Crippen LogP contribution in [0.4, 0.5) is 8.78 Å². The van der Waals surface area contributed by atoms with Crippen LogP contribution in [0.1, 0.15) is 0 Å². The average Bonchev–Trinajstić information content (AvgIpc) is 1.61. The predicted octanol–water partition coefficient (Wildman–Crippen LogP) is 1.44. The molecule has 0 atom stereocenters. The lowest BCUT2D eigenvalue weighted by molar-refractivity contribution is 0.204. The average molecular weight is 102 g/mol. The summed E-state index contributed by atoms with van der Waals surface area (Å²) in [5.41, 5.74) is 0. The molecule has 0 radical (unpaired) electrons. The molecule has 0 amide bonds. The normalized spacial score (nSPS) is 10.0. The zero-order valence-corrected chi connectivity index (χ0v) is 3.57. The minimum absolute atomic E-state index is 0.653. The van der Waals surface area contributed by atoms with Crippen molar-refractivity contribution >= 4 is 0 Å². The van der Waals surface area contributed by atoms with Crippen molar-refractivity contribution in [1.29, 1.82) is 0 Å². The zero-order valence-electron chi connectivity index (χ0n) is 3.57. The summed E-state index contributed by atoms with van der Waals surface area (Å²) in [6, 6.07) is 0. The van der Waals surface area contributed by atoms with E-state index in [1.54, 1.807) is 0 Å². The molecule has 2 heteroatoms. The maximum atomic E-state index is 11.0. The van der Waals surface area contributed by atoms with Crippen molar-refractivity contribution in [1.82, 2.24) is 0 Å². The summed E-state index contributed by atoms with van der Waals surface area (Å²) in [4.78, 5) is 0. The lowest BCUT2D eigenvalue weighted by Gasteiger charge is -1.78. The van der Waals surface area contributed by atoms with Gasteiger partial charge in [-0.05, 0) is 12.2 Å². The van der Waals surface area contributed by atoms with E-state index in [4.69, 9.17) is 0 Å². The van der Waals surface area contributed by atoms with Crippen LogP contribution in [0, 0.1) is 12.3 Å². The number of allylic oxidation sites excluding steroid dienone is 2. The Kier molecular flexibility index (Phi) is 2.95. The fourth-order valence-electron chi connectivity index (χ4n) is 0.128. The molecule has 0 aliphatic rings. The Bertz CT molecular complexity index is 97.1. The van der Waals surface area contributed by atoms with Gasteiger partial charge in [-0.2, -0.15) is 0 Å². The maximum absolute atomic E-state index is 11.0. The molecule has 0 aliphatic heterocycles. The molecule has 0 aliphatic carbocycles. The van der Waals surface area contributed by atoms with Gasteiger partial charge in [0, 0.05) is 0 Å². The molecule has 38 valence electrons. The van der Waals surface area contributed by atoms with E-state index in [2.05, 4.69) is 6.42 Å². The highest BCUT2D eigenvalue weighted by molar-refractivity contribution is 5.09. The smallest absolute Gasteiger partial charge is 0.206 e. The molecule has 0 aromatic heterocycles. The van der Waals surface area contributed by atoms with Crippen LogP contribution in [0.3, 0.4) is 0 Å². The standard InChI is InChI=1S/C5H4F2/c1-2-3-4-5(6)7/h1,3-5H/b4-3+. The van der Waals surface area contributed by atoms with Gasteiger partial charge in [0.25, 0.3) is 6.43 Å². The SMILES string of the molecule is C#C/C=C/C(F)F. The molecule has 0 saturated carbocycles. The molecule has 0 fully saturated rings. The number of halogens is 2. The van der Waals surface area contributed by atoms with Gasteiger partial charge in [-0.25, -0.2) is 8.78 Å². The van der Waals surface area contributed by atoms with E-state index in [1.807, 2.05) is 5.92 Å². The highest BCUT2D eigenvalue weighted by Gasteiger charge is 1.88. The Hall–Kier alpha value is -0.840. The summed E-state index contributed by atoms with van der Waals surface area (Å²) in [5, 5.41) is 0. The van der Waals surface area contributed by atoms with E-state index in [9.17, 15) is 8.78 Å². The first-order valence-electron chi connectivity index (χ1n) is 1.68. The Balaban J connectivity index is 3.31. The molecule has 0 bridgehead atoms. The number of hydrogen-bond acceptors (Lipinski definition) is 0. The second-order valence-corrected chi connectivity index (χ2v) is 0.860. The topological polar surface area (TPSA) is 0 Å². The van der Waals surface area contributed by atoms with Crippen LogP contribution in [-0.2, 0) is 0 Å². The molecular weight excluding hydrogens is 98.1 g/mol. The van der Waals surface area contributed by atoms with Gasteiger partial charge in [0.15, 0.2) is 0 Å². The van der Waals surface area contributed by atoms with Gasteiger partial charge in [0.1, 0.15) is 0 Å². The zero-order chi connectivity index (χ0) is 5.70. The second-order valence-electron chi connectivity index (χ2n) is 0.860. The van der Waals surface area contributed by atoms with E-state index in [-0.39, 0.29) is 0 Å². The molecule has 0 N–H and O–H groups in total. The quantitative estimate of drug-likeness (QED) is 0.439. The number of rotatable bonds is 1. The Labute approximate surface area is 40.8 Å². The second kappa shape index (κ2) is 3.35. The molecule has 0 heterocycles. The van der Waals surface area contributed by atoms with Crippen molar-refractivity contribution in [3.63, 3.8) is 0 Å². The van der Waals surface area contributed by atoms with E-state index in [1.165, 1.54) is 0 Å². The molecule has 0 aromatic rings. The van der Waals surface area contributed by atoms with Crippen LogP contribution in [0.2, 0.25) is 0 Å². The van der Waals surface area contributed by atoms with Gasteiger partial charge < -0.3 is 0 Å². The Morgan fingerprint density at radius 1 is 1.57 bits per heavy atom. The highest BCUT2D eigenvalue weighted by Crippen LogP contribution is 1.91. The number of terminal acetylenes is 1. The fourth-order valence-corrected chi connectivity index (χ4v) is 0.128. The van der Waals surface area contributed by atoms with Crippen molar-refractivity contribution in [2.24, 2.45) is 0 Å². The van der Waals surface area contributed by atoms with E-state index in [0.29, 0.717) is 6.08 Å². The molecule has 0 saturated heterocycles. The first-order valence-corrected chi connectivity index (χ1v) is 1.68. The van der Waals surface area contributed by atoms with Crippen molar-refractivity contribution < 1.29 is 8.78 Å². The summed E-state index contributed by atoms with van der Waals surface area (Å²) in [7, 11) is 0. The minimum atomic E-state index is -2.42. The van der Waals surface area contributed by atoms with Crippen molar-refractivity contribution in [3.05, 3.63) is 12.2 Å². The lowest BCUT2D eigenvalue weighted by Crippen LogP contribution is -1.77. The van der Waals surface area contributed by atoms with Crippen LogP contribution in [-0.4, -0.2) is 6.43 Å². The third kappa shape index (κ3) is 5.16.